The van der Waals surface area contributed by atoms with Crippen LogP contribution in [0.4, 0.5) is 0 Å². The average molecular weight is 168 g/mol. The van der Waals surface area contributed by atoms with Crippen LogP contribution in [-0.4, -0.2) is 12.5 Å². The van der Waals surface area contributed by atoms with E-state index in [0.29, 0.717) is 5.02 Å². The molecule has 0 aromatic heterocycles. The minimum Gasteiger partial charge on any atom is -0.392 e. The highest BCUT2D eigenvalue weighted by Gasteiger charge is 2.00. The highest BCUT2D eigenvalue weighted by atomic mass is 35.5. The Kier molecular flexibility index (Phi) is 2.94. The summed E-state index contributed by atoms with van der Waals surface area (Å²) in [5.74, 6) is 0. The summed E-state index contributed by atoms with van der Waals surface area (Å²) in [5.41, 5.74) is 6.86. The fourth-order valence-corrected chi connectivity index (χ4v) is 1.07. The van der Waals surface area contributed by atoms with Crippen molar-refractivity contribution >= 4 is 24.5 Å². The van der Waals surface area contributed by atoms with Crippen molar-refractivity contribution in [3.05, 3.63) is 28.8 Å². The third kappa shape index (κ3) is 1.96. The van der Waals surface area contributed by atoms with Crippen LogP contribution in [-0.2, 0) is 6.61 Å². The van der Waals surface area contributed by atoms with Gasteiger partial charge in [-0.1, -0.05) is 23.1 Å². The second kappa shape index (κ2) is 3.76. The summed E-state index contributed by atoms with van der Waals surface area (Å²) in [4.78, 5) is 0. The van der Waals surface area contributed by atoms with Crippen LogP contribution in [0.15, 0.2) is 18.2 Å². The predicted octanol–water partition coefficient (Wildman–Crippen LogP) is 0.0355. The smallest absolute Gasteiger partial charge is 0.242 e. The minimum absolute atomic E-state index is 0.0381. The van der Waals surface area contributed by atoms with Gasteiger partial charge in [0.2, 0.25) is 7.41 Å². The van der Waals surface area contributed by atoms with Crippen molar-refractivity contribution in [3.8, 4) is 0 Å². The zero-order chi connectivity index (χ0) is 8.27. The SMILES string of the molecule is N[B]c1ccc(Cl)cc1CO. The molecular weight excluding hydrogens is 160 g/mol. The first-order chi connectivity index (χ1) is 5.27. The molecule has 1 radical (unpaired) electrons. The fourth-order valence-electron chi connectivity index (χ4n) is 0.874. The van der Waals surface area contributed by atoms with E-state index in [2.05, 4.69) is 0 Å². The molecule has 0 heterocycles. The lowest BCUT2D eigenvalue weighted by atomic mass is 9.81. The Morgan fingerprint density at radius 1 is 1.55 bits per heavy atom. The van der Waals surface area contributed by atoms with Crippen LogP contribution in [0.2, 0.25) is 5.02 Å². The molecule has 2 nitrogen and oxygen atoms in total. The lowest BCUT2D eigenvalue weighted by Gasteiger charge is -2.03. The molecule has 0 aliphatic rings. The number of aliphatic hydroxyl groups is 1. The normalized spacial score (nSPS) is 9.73. The Hall–Kier alpha value is -0.505. The van der Waals surface area contributed by atoms with Gasteiger partial charge in [-0.2, -0.15) is 0 Å². The summed E-state index contributed by atoms with van der Waals surface area (Å²) in [6, 6.07) is 5.20. The van der Waals surface area contributed by atoms with Crippen LogP contribution < -0.4 is 11.1 Å². The van der Waals surface area contributed by atoms with Crippen molar-refractivity contribution in [1.82, 2.24) is 0 Å². The van der Waals surface area contributed by atoms with E-state index in [0.717, 1.165) is 11.0 Å². The second-order valence-electron chi connectivity index (χ2n) is 2.17. The third-order valence-corrected chi connectivity index (χ3v) is 1.69. The minimum atomic E-state index is -0.0381. The molecule has 4 heteroatoms. The van der Waals surface area contributed by atoms with E-state index in [1.165, 1.54) is 7.41 Å². The molecule has 0 fully saturated rings. The number of halogens is 1. The molecule has 3 N–H and O–H groups in total. The van der Waals surface area contributed by atoms with Crippen molar-refractivity contribution in [2.24, 2.45) is 5.64 Å². The van der Waals surface area contributed by atoms with Gasteiger partial charge in [0.05, 0.1) is 6.61 Å². The zero-order valence-corrected chi connectivity index (χ0v) is 6.67. The second-order valence-corrected chi connectivity index (χ2v) is 2.60. The van der Waals surface area contributed by atoms with Gasteiger partial charge >= 0.3 is 0 Å². The molecule has 0 amide bonds. The molecule has 0 saturated carbocycles. The van der Waals surface area contributed by atoms with Gasteiger partial charge in [0.25, 0.3) is 0 Å². The molecule has 0 saturated heterocycles. The molecule has 1 aromatic rings. The summed E-state index contributed by atoms with van der Waals surface area (Å²) in [6.45, 7) is -0.0381. The molecule has 0 atom stereocenters. The number of hydrogen-bond donors (Lipinski definition) is 2. The van der Waals surface area contributed by atoms with Gasteiger partial charge in [-0.3, -0.25) is 0 Å². The Morgan fingerprint density at radius 2 is 2.27 bits per heavy atom. The maximum atomic E-state index is 8.84. The summed E-state index contributed by atoms with van der Waals surface area (Å²) in [5, 5.41) is 9.45. The van der Waals surface area contributed by atoms with Crippen molar-refractivity contribution in [2.45, 2.75) is 6.61 Å². The molecular formula is C7H8BClNO. The Labute approximate surface area is 71.2 Å². The highest BCUT2D eigenvalue weighted by molar-refractivity contribution is 6.50. The van der Waals surface area contributed by atoms with E-state index < -0.39 is 0 Å². The first-order valence-corrected chi connectivity index (χ1v) is 3.60. The zero-order valence-electron chi connectivity index (χ0n) is 5.92. The van der Waals surface area contributed by atoms with E-state index in [-0.39, 0.29) is 6.61 Å². The van der Waals surface area contributed by atoms with Crippen molar-refractivity contribution < 1.29 is 5.11 Å². The molecule has 57 valence electrons. The molecule has 0 spiro atoms. The van der Waals surface area contributed by atoms with Gasteiger partial charge in [-0.25, -0.2) is 0 Å². The van der Waals surface area contributed by atoms with Gasteiger partial charge in [0.15, 0.2) is 0 Å². The summed E-state index contributed by atoms with van der Waals surface area (Å²) in [7, 11) is 1.45. The molecule has 0 aliphatic heterocycles. The summed E-state index contributed by atoms with van der Waals surface area (Å²) in [6.07, 6.45) is 0. The Balaban J connectivity index is 3.06. The largest absolute Gasteiger partial charge is 0.392 e. The van der Waals surface area contributed by atoms with Crippen molar-refractivity contribution in [1.29, 1.82) is 0 Å². The number of aliphatic hydroxyl groups excluding tert-OH is 1. The maximum Gasteiger partial charge on any atom is 0.242 e. The molecule has 1 rings (SSSR count). The Morgan fingerprint density at radius 3 is 2.82 bits per heavy atom. The van der Waals surface area contributed by atoms with Gasteiger partial charge in [-0.05, 0) is 17.7 Å². The predicted molar refractivity (Wildman–Crippen MR) is 47.0 cm³/mol. The quantitative estimate of drug-likeness (QED) is 0.612. The number of nitrogens with two attached hydrogens (primary N) is 1. The maximum absolute atomic E-state index is 8.84. The van der Waals surface area contributed by atoms with E-state index >= 15 is 0 Å². The third-order valence-electron chi connectivity index (χ3n) is 1.45. The highest BCUT2D eigenvalue weighted by Crippen LogP contribution is 2.08. The number of benzene rings is 1. The summed E-state index contributed by atoms with van der Waals surface area (Å²) < 4.78 is 0. The van der Waals surface area contributed by atoms with E-state index in [9.17, 15) is 0 Å². The molecule has 0 unspecified atom stereocenters. The lowest BCUT2D eigenvalue weighted by molar-refractivity contribution is 0.283. The van der Waals surface area contributed by atoms with E-state index in [4.69, 9.17) is 22.4 Å². The topological polar surface area (TPSA) is 46.2 Å². The van der Waals surface area contributed by atoms with Crippen LogP contribution in [0, 0.1) is 0 Å². The van der Waals surface area contributed by atoms with Gasteiger partial charge in [0, 0.05) is 5.02 Å². The van der Waals surface area contributed by atoms with E-state index in [1.54, 1.807) is 18.2 Å². The van der Waals surface area contributed by atoms with Crippen LogP contribution in [0.3, 0.4) is 0 Å². The number of hydrogen-bond acceptors (Lipinski definition) is 2. The first kappa shape index (κ1) is 8.59. The van der Waals surface area contributed by atoms with Crippen LogP contribution in [0.5, 0.6) is 0 Å². The van der Waals surface area contributed by atoms with E-state index in [1.807, 2.05) is 0 Å². The summed E-state index contributed by atoms with van der Waals surface area (Å²) >= 11 is 5.69. The molecule has 0 aliphatic carbocycles. The van der Waals surface area contributed by atoms with Crippen LogP contribution in [0.1, 0.15) is 5.56 Å². The Bertz CT molecular complexity index is 254. The van der Waals surface area contributed by atoms with Gasteiger partial charge < -0.3 is 10.8 Å². The average Bonchev–Trinajstić information content (AvgIpc) is 2.04. The van der Waals surface area contributed by atoms with Crippen LogP contribution >= 0.6 is 11.6 Å². The van der Waals surface area contributed by atoms with Crippen molar-refractivity contribution in [2.75, 3.05) is 0 Å². The standard InChI is InChI=1S/C7H8BClNO/c9-6-1-2-7(8-10)5(3-6)4-11/h1-3,11H,4,10H2. The van der Waals surface area contributed by atoms with Gasteiger partial charge in [0.1, 0.15) is 0 Å². The lowest BCUT2D eigenvalue weighted by Crippen LogP contribution is -2.26. The molecule has 1 aromatic carbocycles. The van der Waals surface area contributed by atoms with Crippen LogP contribution in [0.25, 0.3) is 0 Å². The van der Waals surface area contributed by atoms with Gasteiger partial charge in [-0.15, -0.1) is 0 Å². The van der Waals surface area contributed by atoms with Crippen molar-refractivity contribution in [3.63, 3.8) is 0 Å². The monoisotopic (exact) mass is 168 g/mol. The fraction of sp³-hybridized carbons (Fsp3) is 0.143. The first-order valence-electron chi connectivity index (χ1n) is 3.22. The molecule has 0 bridgehead atoms. The number of rotatable bonds is 2. The molecule has 11 heavy (non-hydrogen) atoms.